The molecule has 0 aromatic heterocycles. The summed E-state index contributed by atoms with van der Waals surface area (Å²) in [7, 11) is 0. The summed E-state index contributed by atoms with van der Waals surface area (Å²) in [4.78, 5) is 12.1. The third kappa shape index (κ3) is 4.11. The van der Waals surface area contributed by atoms with Crippen LogP contribution in [-0.4, -0.2) is 18.5 Å². The second-order valence-electron chi connectivity index (χ2n) is 5.89. The van der Waals surface area contributed by atoms with Gasteiger partial charge < -0.3 is 15.4 Å². The first-order chi connectivity index (χ1) is 11.2. The van der Waals surface area contributed by atoms with Crippen LogP contribution in [0.2, 0.25) is 0 Å². The topological polar surface area (TPSA) is 50.4 Å². The molecular weight excluding hydrogens is 288 g/mol. The van der Waals surface area contributed by atoms with Crippen molar-refractivity contribution in [1.29, 1.82) is 0 Å². The molecule has 3 rings (SSSR count). The average molecular weight is 310 g/mol. The number of hydrogen-bond donors (Lipinski definition) is 2. The van der Waals surface area contributed by atoms with Gasteiger partial charge in [0, 0.05) is 12.1 Å². The first kappa shape index (κ1) is 15.6. The Kier molecular flexibility index (Phi) is 4.93. The van der Waals surface area contributed by atoms with Crippen molar-refractivity contribution in [3.05, 3.63) is 59.7 Å². The number of amides is 1. The lowest BCUT2D eigenvalue weighted by atomic mass is 10.1. The summed E-state index contributed by atoms with van der Waals surface area (Å²) in [6.07, 6.45) is 1.97. The third-order valence-electron chi connectivity index (χ3n) is 4.02. The van der Waals surface area contributed by atoms with Crippen molar-refractivity contribution in [2.75, 3.05) is 6.54 Å². The molecule has 0 spiro atoms. The van der Waals surface area contributed by atoms with E-state index in [1.807, 2.05) is 55.5 Å². The highest BCUT2D eigenvalue weighted by atomic mass is 16.5. The summed E-state index contributed by atoms with van der Waals surface area (Å²) in [6.45, 7) is 3.43. The van der Waals surface area contributed by atoms with E-state index in [0.29, 0.717) is 6.54 Å². The summed E-state index contributed by atoms with van der Waals surface area (Å²) in [6, 6.07) is 15.7. The van der Waals surface area contributed by atoms with Gasteiger partial charge in [-0.3, -0.25) is 4.79 Å². The molecule has 4 nitrogen and oxygen atoms in total. The number of carbonyl (C=O) groups excluding carboxylic acids is 1. The van der Waals surface area contributed by atoms with Gasteiger partial charge in [-0.05, 0) is 50.1 Å². The summed E-state index contributed by atoms with van der Waals surface area (Å²) in [5, 5.41) is 6.21. The molecule has 1 atom stereocenters. The van der Waals surface area contributed by atoms with Crippen molar-refractivity contribution in [3.63, 3.8) is 0 Å². The molecule has 120 valence electrons. The van der Waals surface area contributed by atoms with Crippen molar-refractivity contribution in [2.24, 2.45) is 0 Å². The minimum atomic E-state index is -0.0557. The number of carbonyl (C=O) groups is 1. The third-order valence-corrected chi connectivity index (χ3v) is 4.02. The Morgan fingerprint density at radius 3 is 2.91 bits per heavy atom. The smallest absolute Gasteiger partial charge is 0.237 e. The average Bonchev–Trinajstić information content (AvgIpc) is 3.08. The van der Waals surface area contributed by atoms with Crippen LogP contribution in [0.3, 0.4) is 0 Å². The van der Waals surface area contributed by atoms with Gasteiger partial charge in [0.25, 0.3) is 0 Å². The monoisotopic (exact) mass is 310 g/mol. The van der Waals surface area contributed by atoms with Crippen LogP contribution in [0.4, 0.5) is 0 Å². The number of nitrogens with one attached hydrogen (secondary N) is 2. The molecule has 0 aliphatic carbocycles. The largest absolute Gasteiger partial charge is 0.457 e. The summed E-state index contributed by atoms with van der Waals surface area (Å²) < 4.78 is 5.98. The zero-order valence-corrected chi connectivity index (χ0v) is 13.3. The van der Waals surface area contributed by atoms with Gasteiger partial charge >= 0.3 is 0 Å². The quantitative estimate of drug-likeness (QED) is 0.892. The van der Waals surface area contributed by atoms with Gasteiger partial charge in [0.2, 0.25) is 5.91 Å². The molecule has 1 heterocycles. The molecular formula is C19H22N2O2. The number of benzene rings is 2. The van der Waals surface area contributed by atoms with Crippen LogP contribution in [-0.2, 0) is 11.3 Å². The zero-order chi connectivity index (χ0) is 16.1. The van der Waals surface area contributed by atoms with E-state index >= 15 is 0 Å². The molecule has 0 bridgehead atoms. The number of para-hydroxylation sites is 1. The van der Waals surface area contributed by atoms with Crippen LogP contribution in [0.1, 0.15) is 24.0 Å². The zero-order valence-electron chi connectivity index (χ0n) is 13.3. The van der Waals surface area contributed by atoms with Crippen LogP contribution in [0.15, 0.2) is 48.5 Å². The van der Waals surface area contributed by atoms with Crippen molar-refractivity contribution < 1.29 is 9.53 Å². The van der Waals surface area contributed by atoms with Crippen molar-refractivity contribution >= 4 is 5.91 Å². The Morgan fingerprint density at radius 2 is 2.13 bits per heavy atom. The second kappa shape index (κ2) is 7.29. The van der Waals surface area contributed by atoms with Crippen molar-refractivity contribution in [2.45, 2.75) is 32.4 Å². The Hall–Kier alpha value is -2.33. The molecule has 2 aromatic carbocycles. The number of rotatable bonds is 5. The standard InChI is InChI=1S/C19H22N2O2/c1-14-6-4-8-16(12-14)23-18-10-3-2-7-15(18)13-21-19(22)17-9-5-11-20-17/h2-4,6-8,10,12,17,20H,5,9,11,13H2,1H3,(H,21,22). The molecule has 2 aromatic rings. The number of aryl methyl sites for hydroxylation is 1. The molecule has 1 unspecified atom stereocenters. The highest BCUT2D eigenvalue weighted by Crippen LogP contribution is 2.25. The van der Waals surface area contributed by atoms with E-state index in [1.165, 1.54) is 0 Å². The number of ether oxygens (including phenoxy) is 1. The van der Waals surface area contributed by atoms with Gasteiger partial charge in [0.15, 0.2) is 0 Å². The predicted octanol–water partition coefficient (Wildman–Crippen LogP) is 3.16. The van der Waals surface area contributed by atoms with Gasteiger partial charge in [-0.15, -0.1) is 0 Å². The maximum absolute atomic E-state index is 12.1. The van der Waals surface area contributed by atoms with Gasteiger partial charge in [-0.25, -0.2) is 0 Å². The highest BCUT2D eigenvalue weighted by Gasteiger charge is 2.21. The molecule has 2 N–H and O–H groups in total. The minimum absolute atomic E-state index is 0.0557. The molecule has 1 aliphatic rings. The van der Waals surface area contributed by atoms with E-state index in [9.17, 15) is 4.79 Å². The molecule has 0 radical (unpaired) electrons. The van der Waals surface area contributed by atoms with E-state index in [2.05, 4.69) is 10.6 Å². The van der Waals surface area contributed by atoms with E-state index in [-0.39, 0.29) is 11.9 Å². The Labute approximate surface area is 136 Å². The fourth-order valence-corrected chi connectivity index (χ4v) is 2.77. The van der Waals surface area contributed by atoms with Crippen molar-refractivity contribution in [1.82, 2.24) is 10.6 Å². The molecule has 1 saturated heterocycles. The van der Waals surface area contributed by atoms with Crippen LogP contribution < -0.4 is 15.4 Å². The minimum Gasteiger partial charge on any atom is -0.457 e. The lowest BCUT2D eigenvalue weighted by molar-refractivity contribution is -0.122. The Morgan fingerprint density at radius 1 is 1.26 bits per heavy atom. The van der Waals surface area contributed by atoms with Gasteiger partial charge in [0.1, 0.15) is 11.5 Å². The fourth-order valence-electron chi connectivity index (χ4n) is 2.77. The van der Waals surface area contributed by atoms with E-state index < -0.39 is 0 Å². The maximum Gasteiger partial charge on any atom is 0.237 e. The summed E-state index contributed by atoms with van der Waals surface area (Å²) >= 11 is 0. The molecule has 4 heteroatoms. The van der Waals surface area contributed by atoms with Gasteiger partial charge in [-0.1, -0.05) is 30.3 Å². The highest BCUT2D eigenvalue weighted by molar-refractivity contribution is 5.82. The summed E-state index contributed by atoms with van der Waals surface area (Å²) in [5.41, 5.74) is 2.13. The molecule has 1 fully saturated rings. The maximum atomic E-state index is 12.1. The Balaban J connectivity index is 1.66. The SMILES string of the molecule is Cc1cccc(Oc2ccccc2CNC(=O)C2CCCN2)c1. The van der Waals surface area contributed by atoms with E-state index in [4.69, 9.17) is 4.74 Å². The van der Waals surface area contributed by atoms with E-state index in [1.54, 1.807) is 0 Å². The molecule has 0 saturated carbocycles. The lowest BCUT2D eigenvalue weighted by Crippen LogP contribution is -2.40. The normalized spacial score (nSPS) is 17.0. The van der Waals surface area contributed by atoms with Crippen molar-refractivity contribution in [3.8, 4) is 11.5 Å². The first-order valence-corrected chi connectivity index (χ1v) is 8.06. The summed E-state index contributed by atoms with van der Waals surface area (Å²) in [5.74, 6) is 1.65. The van der Waals surface area contributed by atoms with Gasteiger partial charge in [-0.2, -0.15) is 0 Å². The molecule has 1 amide bonds. The van der Waals surface area contributed by atoms with Gasteiger partial charge in [0.05, 0.1) is 6.04 Å². The van der Waals surface area contributed by atoms with Crippen LogP contribution in [0, 0.1) is 6.92 Å². The fraction of sp³-hybridized carbons (Fsp3) is 0.316. The molecule has 1 aliphatic heterocycles. The van der Waals surface area contributed by atoms with Crippen LogP contribution >= 0.6 is 0 Å². The number of hydrogen-bond acceptors (Lipinski definition) is 3. The lowest BCUT2D eigenvalue weighted by Gasteiger charge is -2.14. The Bertz CT molecular complexity index is 679. The second-order valence-corrected chi connectivity index (χ2v) is 5.89. The molecule has 23 heavy (non-hydrogen) atoms. The first-order valence-electron chi connectivity index (χ1n) is 8.06. The van der Waals surface area contributed by atoms with Crippen LogP contribution in [0.25, 0.3) is 0 Å². The van der Waals surface area contributed by atoms with E-state index in [0.717, 1.165) is 42.0 Å². The predicted molar refractivity (Wildman–Crippen MR) is 90.6 cm³/mol. The van der Waals surface area contributed by atoms with Crippen LogP contribution in [0.5, 0.6) is 11.5 Å².